The molecule has 0 unspecified atom stereocenters. The van der Waals surface area contributed by atoms with Crippen LogP contribution in [0.3, 0.4) is 0 Å². The summed E-state index contributed by atoms with van der Waals surface area (Å²) in [5.41, 5.74) is 0.669. The lowest BCUT2D eigenvalue weighted by atomic mass is 10.0. The number of nitrogens with zero attached hydrogens (tertiary/aromatic N) is 2. The Morgan fingerprint density at radius 3 is 2.14 bits per heavy atom. The molecule has 21 heavy (non-hydrogen) atoms. The van der Waals surface area contributed by atoms with E-state index in [-0.39, 0.29) is 18.0 Å². The van der Waals surface area contributed by atoms with Gasteiger partial charge in [0.25, 0.3) is 5.91 Å². The highest BCUT2D eigenvalue weighted by Gasteiger charge is 2.27. The molecule has 6 nitrogen and oxygen atoms in total. The van der Waals surface area contributed by atoms with Crippen LogP contribution in [0.2, 0.25) is 0 Å². The van der Waals surface area contributed by atoms with Crippen LogP contribution in [0.15, 0.2) is 24.5 Å². The average molecular weight is 288 g/mol. The van der Waals surface area contributed by atoms with Crippen molar-refractivity contribution < 1.29 is 9.59 Å². The Morgan fingerprint density at radius 1 is 1.00 bits per heavy atom. The summed E-state index contributed by atoms with van der Waals surface area (Å²) in [6.07, 6.45) is 7.04. The first-order valence-corrected chi connectivity index (χ1v) is 7.49. The number of pyridine rings is 1. The molecule has 2 heterocycles. The third kappa shape index (κ3) is 3.71. The van der Waals surface area contributed by atoms with Crippen LogP contribution in [-0.4, -0.2) is 47.0 Å². The fraction of sp³-hybridized carbons (Fsp3) is 0.533. The van der Waals surface area contributed by atoms with Gasteiger partial charge in [-0.25, -0.2) is 4.79 Å². The molecule has 1 aromatic heterocycles. The third-order valence-electron chi connectivity index (χ3n) is 3.96. The summed E-state index contributed by atoms with van der Waals surface area (Å²) < 4.78 is 0. The quantitative estimate of drug-likeness (QED) is 0.876. The fourth-order valence-corrected chi connectivity index (χ4v) is 2.54. The average Bonchev–Trinajstić information content (AvgIpc) is 3.32. The van der Waals surface area contributed by atoms with Crippen LogP contribution in [0.5, 0.6) is 0 Å². The molecule has 2 fully saturated rings. The zero-order valence-corrected chi connectivity index (χ0v) is 11.9. The van der Waals surface area contributed by atoms with Gasteiger partial charge in [0.05, 0.1) is 0 Å². The highest BCUT2D eigenvalue weighted by molar-refractivity contribution is 5.94. The molecule has 1 aromatic rings. The maximum absolute atomic E-state index is 12.3. The zero-order valence-electron chi connectivity index (χ0n) is 11.9. The van der Waals surface area contributed by atoms with Gasteiger partial charge in [-0.3, -0.25) is 9.78 Å². The summed E-state index contributed by atoms with van der Waals surface area (Å²) >= 11 is 0. The molecule has 2 aliphatic rings. The van der Waals surface area contributed by atoms with E-state index >= 15 is 0 Å². The summed E-state index contributed by atoms with van der Waals surface area (Å²) in [5.74, 6) is 0.0401. The van der Waals surface area contributed by atoms with Crippen LogP contribution < -0.4 is 10.6 Å². The Bertz CT molecular complexity index is 508. The fourth-order valence-electron chi connectivity index (χ4n) is 2.54. The molecule has 3 amide bonds. The van der Waals surface area contributed by atoms with Crippen LogP contribution in [-0.2, 0) is 0 Å². The standard InChI is InChI=1S/C15H20N4O2/c20-14(11-3-7-16-8-4-11)19-9-5-13(6-10-19)18-15(21)17-12-1-2-12/h3-4,7-8,12-13H,1-2,5-6,9-10H2,(H2,17,18,21). The minimum Gasteiger partial charge on any atom is -0.338 e. The van der Waals surface area contributed by atoms with Gasteiger partial charge in [0, 0.05) is 43.1 Å². The van der Waals surface area contributed by atoms with Gasteiger partial charge >= 0.3 is 6.03 Å². The first-order chi connectivity index (χ1) is 10.2. The summed E-state index contributed by atoms with van der Waals surface area (Å²) in [6.45, 7) is 1.35. The maximum Gasteiger partial charge on any atom is 0.315 e. The van der Waals surface area contributed by atoms with Gasteiger partial charge in [0.1, 0.15) is 0 Å². The van der Waals surface area contributed by atoms with Crippen molar-refractivity contribution in [1.82, 2.24) is 20.5 Å². The van der Waals surface area contributed by atoms with Gasteiger partial charge in [0.15, 0.2) is 0 Å². The van der Waals surface area contributed by atoms with Gasteiger partial charge in [0.2, 0.25) is 0 Å². The number of hydrogen-bond acceptors (Lipinski definition) is 3. The number of carbonyl (C=O) groups is 2. The molecular formula is C15H20N4O2. The molecule has 6 heteroatoms. The molecule has 2 N–H and O–H groups in total. The van der Waals surface area contributed by atoms with Crippen molar-refractivity contribution in [2.45, 2.75) is 37.8 Å². The van der Waals surface area contributed by atoms with Gasteiger partial charge in [-0.2, -0.15) is 0 Å². The molecule has 1 aliphatic carbocycles. The second kappa shape index (κ2) is 6.11. The Labute approximate surface area is 123 Å². The molecular weight excluding hydrogens is 268 g/mol. The molecule has 0 atom stereocenters. The number of hydrogen-bond donors (Lipinski definition) is 2. The highest BCUT2D eigenvalue weighted by atomic mass is 16.2. The normalized spacial score (nSPS) is 19.1. The van der Waals surface area contributed by atoms with Gasteiger partial charge in [-0.1, -0.05) is 0 Å². The van der Waals surface area contributed by atoms with E-state index in [0.29, 0.717) is 24.7 Å². The molecule has 0 aromatic carbocycles. The molecule has 1 aliphatic heterocycles. The second-order valence-electron chi connectivity index (χ2n) is 5.69. The number of carbonyl (C=O) groups excluding carboxylic acids is 2. The second-order valence-corrected chi connectivity index (χ2v) is 5.69. The van der Waals surface area contributed by atoms with E-state index in [1.54, 1.807) is 24.5 Å². The Hall–Kier alpha value is -2.11. The van der Waals surface area contributed by atoms with Crippen LogP contribution in [0.25, 0.3) is 0 Å². The van der Waals surface area contributed by atoms with Gasteiger partial charge < -0.3 is 15.5 Å². The molecule has 3 rings (SSSR count). The van der Waals surface area contributed by atoms with E-state index in [9.17, 15) is 9.59 Å². The molecule has 0 bridgehead atoms. The van der Waals surface area contributed by atoms with E-state index in [2.05, 4.69) is 15.6 Å². The summed E-state index contributed by atoms with van der Waals surface area (Å²) in [7, 11) is 0. The lowest BCUT2D eigenvalue weighted by Gasteiger charge is -2.32. The molecule has 0 radical (unpaired) electrons. The van der Waals surface area contributed by atoms with E-state index in [4.69, 9.17) is 0 Å². The van der Waals surface area contributed by atoms with Crippen molar-refractivity contribution in [1.29, 1.82) is 0 Å². The zero-order chi connectivity index (χ0) is 14.7. The summed E-state index contributed by atoms with van der Waals surface area (Å²) in [5, 5.41) is 5.91. The minimum atomic E-state index is -0.0728. The predicted octanol–water partition coefficient (Wildman–Crippen LogP) is 1.15. The van der Waals surface area contributed by atoms with E-state index < -0.39 is 0 Å². The predicted molar refractivity (Wildman–Crippen MR) is 77.9 cm³/mol. The van der Waals surface area contributed by atoms with Gasteiger partial charge in [-0.15, -0.1) is 0 Å². The Kier molecular flexibility index (Phi) is 4.03. The minimum absolute atomic E-state index is 0.0401. The lowest BCUT2D eigenvalue weighted by Crippen LogP contribution is -2.49. The maximum atomic E-state index is 12.3. The first kappa shape index (κ1) is 13.9. The van der Waals surface area contributed by atoms with Crippen molar-refractivity contribution in [2.24, 2.45) is 0 Å². The monoisotopic (exact) mass is 288 g/mol. The smallest absolute Gasteiger partial charge is 0.315 e. The molecule has 1 saturated carbocycles. The highest BCUT2D eigenvalue weighted by Crippen LogP contribution is 2.18. The Morgan fingerprint density at radius 2 is 1.57 bits per heavy atom. The molecule has 1 saturated heterocycles. The number of rotatable bonds is 3. The SMILES string of the molecule is O=C(NC1CC1)NC1CCN(C(=O)c2ccncc2)CC1. The number of likely N-dealkylation sites (tertiary alicyclic amines) is 1. The van der Waals surface area contributed by atoms with E-state index in [1.807, 2.05) is 4.90 Å². The lowest BCUT2D eigenvalue weighted by molar-refractivity contribution is 0.0708. The van der Waals surface area contributed by atoms with Crippen molar-refractivity contribution in [3.63, 3.8) is 0 Å². The summed E-state index contributed by atoms with van der Waals surface area (Å²) in [4.78, 5) is 29.7. The third-order valence-corrected chi connectivity index (χ3v) is 3.96. The number of nitrogens with one attached hydrogen (secondary N) is 2. The topological polar surface area (TPSA) is 74.3 Å². The van der Waals surface area contributed by atoms with E-state index in [1.165, 1.54) is 0 Å². The molecule has 0 spiro atoms. The van der Waals surface area contributed by atoms with Crippen molar-refractivity contribution in [3.8, 4) is 0 Å². The Balaban J connectivity index is 1.46. The number of piperidine rings is 1. The van der Waals surface area contributed by atoms with Crippen molar-refractivity contribution in [2.75, 3.05) is 13.1 Å². The summed E-state index contributed by atoms with van der Waals surface area (Å²) in [6, 6.07) is 3.92. The largest absolute Gasteiger partial charge is 0.338 e. The molecule has 112 valence electrons. The number of urea groups is 1. The van der Waals surface area contributed by atoms with Crippen LogP contribution in [0.1, 0.15) is 36.0 Å². The van der Waals surface area contributed by atoms with Crippen LogP contribution in [0, 0.1) is 0 Å². The first-order valence-electron chi connectivity index (χ1n) is 7.49. The van der Waals surface area contributed by atoms with Crippen LogP contribution >= 0.6 is 0 Å². The van der Waals surface area contributed by atoms with Gasteiger partial charge in [-0.05, 0) is 37.8 Å². The number of amides is 3. The van der Waals surface area contributed by atoms with Crippen molar-refractivity contribution >= 4 is 11.9 Å². The van der Waals surface area contributed by atoms with Crippen molar-refractivity contribution in [3.05, 3.63) is 30.1 Å². The number of aromatic nitrogens is 1. The van der Waals surface area contributed by atoms with Crippen LogP contribution in [0.4, 0.5) is 4.79 Å². The van der Waals surface area contributed by atoms with E-state index in [0.717, 1.165) is 25.7 Å².